The van der Waals surface area contributed by atoms with Gasteiger partial charge in [0, 0.05) is 17.9 Å². The molecule has 0 amide bonds. The van der Waals surface area contributed by atoms with Crippen LogP contribution >= 0.6 is 12.2 Å². The van der Waals surface area contributed by atoms with Gasteiger partial charge in [0.05, 0.1) is 13.2 Å². The molecule has 1 heterocycles. The molecular weight excluding hydrogens is 346 g/mol. The van der Waals surface area contributed by atoms with Crippen molar-refractivity contribution in [3.63, 3.8) is 0 Å². The molecule has 140 valence electrons. The number of aryl methyl sites for hydroxylation is 1. The van der Waals surface area contributed by atoms with Gasteiger partial charge in [-0.15, -0.1) is 0 Å². The molecule has 3 rings (SSSR count). The summed E-state index contributed by atoms with van der Waals surface area (Å²) in [5, 5.41) is 6.37. The van der Waals surface area contributed by atoms with Gasteiger partial charge in [-0.1, -0.05) is 36.5 Å². The Kier molecular flexibility index (Phi) is 5.51. The molecule has 2 N–H and O–H groups in total. The Morgan fingerprint density at radius 2 is 2.08 bits per heavy atom. The molecule has 2 aliphatic rings. The lowest BCUT2D eigenvalue weighted by Gasteiger charge is -2.31. The van der Waals surface area contributed by atoms with Crippen LogP contribution in [0.1, 0.15) is 38.3 Å². The van der Waals surface area contributed by atoms with Gasteiger partial charge in [0.25, 0.3) is 0 Å². The van der Waals surface area contributed by atoms with Crippen LogP contribution in [0.15, 0.2) is 36.2 Å². The Bertz CT molecular complexity index is 724. The number of hydrogen-bond acceptors (Lipinski definition) is 5. The molecule has 26 heavy (non-hydrogen) atoms. The number of carbonyl (C=O) groups excluding carboxylic acids is 1. The van der Waals surface area contributed by atoms with E-state index in [1.54, 1.807) is 0 Å². The molecule has 0 saturated heterocycles. The van der Waals surface area contributed by atoms with Gasteiger partial charge < -0.3 is 20.3 Å². The smallest absolute Gasteiger partial charge is 0.366 e. The van der Waals surface area contributed by atoms with Crippen LogP contribution in [0.4, 0.5) is 0 Å². The highest BCUT2D eigenvalue weighted by Crippen LogP contribution is 2.25. The Morgan fingerprint density at radius 3 is 2.81 bits per heavy atom. The minimum Gasteiger partial charge on any atom is -0.455 e. The average molecular weight is 374 g/mol. The number of nitrogens with one attached hydrogen (secondary N) is 2. The normalized spacial score (nSPS) is 19.3. The second-order valence-corrected chi connectivity index (χ2v) is 8.26. The first kappa shape index (κ1) is 18.7. The monoisotopic (exact) mass is 373 g/mol. The summed E-state index contributed by atoms with van der Waals surface area (Å²) in [4.78, 5) is 14.4. The van der Waals surface area contributed by atoms with Crippen LogP contribution < -0.4 is 10.6 Å². The Labute approximate surface area is 160 Å². The van der Waals surface area contributed by atoms with Gasteiger partial charge >= 0.3 is 5.97 Å². The molecule has 1 aromatic rings. The highest BCUT2D eigenvalue weighted by molar-refractivity contribution is 7.81. The van der Waals surface area contributed by atoms with Crippen molar-refractivity contribution in [1.82, 2.24) is 15.5 Å². The summed E-state index contributed by atoms with van der Waals surface area (Å²) in [6.45, 7) is 6.78. The zero-order valence-electron chi connectivity index (χ0n) is 15.7. The first-order valence-corrected chi connectivity index (χ1v) is 9.51. The first-order valence-electron chi connectivity index (χ1n) is 9.10. The number of rotatable bonds is 3. The topological polar surface area (TPSA) is 53.6 Å². The molecule has 1 unspecified atom stereocenters. The van der Waals surface area contributed by atoms with Crippen LogP contribution in [-0.4, -0.2) is 40.7 Å². The molecule has 0 fully saturated rings. The van der Waals surface area contributed by atoms with E-state index in [0.29, 0.717) is 12.6 Å². The molecular formula is C20H27N3O2S. The fourth-order valence-electron chi connectivity index (χ4n) is 3.36. The molecule has 1 aromatic carbocycles. The van der Waals surface area contributed by atoms with Gasteiger partial charge in [-0.2, -0.15) is 0 Å². The van der Waals surface area contributed by atoms with Crippen LogP contribution in [0.25, 0.3) is 0 Å². The lowest BCUT2D eigenvalue weighted by Crippen LogP contribution is -2.38. The summed E-state index contributed by atoms with van der Waals surface area (Å²) < 4.78 is 5.27. The molecule has 1 aliphatic heterocycles. The minimum atomic E-state index is -0.540. The van der Waals surface area contributed by atoms with Crippen molar-refractivity contribution in [3.8, 4) is 0 Å². The number of nitrogens with zero attached hydrogens (tertiary/aromatic N) is 1. The fraction of sp³-hybridized carbons (Fsp3) is 0.500. The Balaban J connectivity index is 1.51. The number of esters is 1. The lowest BCUT2D eigenvalue weighted by atomic mass is 9.88. The van der Waals surface area contributed by atoms with Gasteiger partial charge in [-0.3, -0.25) is 0 Å². The summed E-state index contributed by atoms with van der Waals surface area (Å²) >= 11 is 5.12. The second kappa shape index (κ2) is 7.66. The highest BCUT2D eigenvalue weighted by atomic mass is 32.1. The first-order chi connectivity index (χ1) is 12.3. The van der Waals surface area contributed by atoms with E-state index < -0.39 is 11.6 Å². The Hall–Kier alpha value is -2.08. The predicted molar refractivity (Wildman–Crippen MR) is 107 cm³/mol. The molecule has 0 bridgehead atoms. The standard InChI is InChI=1S/C20H27N3O2S/c1-20(2,3)25-19(24)18(26)21-11-16-12-23(13-22-16)17-9-8-14-6-4-5-7-15(14)10-17/h4-7,12,17,22H,8-11,13H2,1-3H3,(H,21,26). The Morgan fingerprint density at radius 1 is 1.35 bits per heavy atom. The van der Waals surface area contributed by atoms with E-state index in [0.717, 1.165) is 31.6 Å². The number of fused-ring (bicyclic) bond motifs is 1. The van der Waals surface area contributed by atoms with Crippen molar-refractivity contribution in [2.24, 2.45) is 0 Å². The van der Waals surface area contributed by atoms with Gasteiger partial charge in [0.15, 0.2) is 4.99 Å². The quantitative estimate of drug-likeness (QED) is 0.627. The van der Waals surface area contributed by atoms with Crippen LogP contribution in [0.2, 0.25) is 0 Å². The molecule has 1 atom stereocenters. The van der Waals surface area contributed by atoms with Crippen molar-refractivity contribution >= 4 is 23.2 Å². The molecule has 6 heteroatoms. The van der Waals surface area contributed by atoms with Crippen LogP contribution in [-0.2, 0) is 22.4 Å². The van der Waals surface area contributed by atoms with E-state index in [1.165, 1.54) is 11.1 Å². The highest BCUT2D eigenvalue weighted by Gasteiger charge is 2.25. The maximum Gasteiger partial charge on any atom is 0.366 e. The number of carbonyl (C=O) groups is 1. The third-order valence-corrected chi connectivity index (χ3v) is 4.93. The van der Waals surface area contributed by atoms with Crippen molar-refractivity contribution in [1.29, 1.82) is 0 Å². The van der Waals surface area contributed by atoms with Crippen molar-refractivity contribution < 1.29 is 9.53 Å². The largest absolute Gasteiger partial charge is 0.455 e. The van der Waals surface area contributed by atoms with Crippen LogP contribution in [0.5, 0.6) is 0 Å². The van der Waals surface area contributed by atoms with Gasteiger partial charge in [-0.05, 0) is 51.2 Å². The van der Waals surface area contributed by atoms with E-state index in [-0.39, 0.29) is 4.99 Å². The average Bonchev–Trinajstić information content (AvgIpc) is 3.06. The maximum atomic E-state index is 11.9. The van der Waals surface area contributed by atoms with Gasteiger partial charge in [0.2, 0.25) is 0 Å². The third-order valence-electron chi connectivity index (χ3n) is 4.62. The maximum absolute atomic E-state index is 11.9. The zero-order chi connectivity index (χ0) is 18.7. The third kappa shape index (κ3) is 4.75. The predicted octanol–water partition coefficient (Wildman–Crippen LogP) is 2.51. The van der Waals surface area contributed by atoms with Crippen molar-refractivity contribution in [2.75, 3.05) is 13.2 Å². The van der Waals surface area contributed by atoms with E-state index in [9.17, 15) is 4.79 Å². The molecule has 1 aliphatic carbocycles. The number of benzene rings is 1. The molecule has 0 aromatic heterocycles. The van der Waals surface area contributed by atoms with Crippen molar-refractivity contribution in [3.05, 3.63) is 47.3 Å². The van der Waals surface area contributed by atoms with Crippen LogP contribution in [0, 0.1) is 0 Å². The second-order valence-electron chi connectivity index (χ2n) is 7.85. The minimum absolute atomic E-state index is 0.118. The van der Waals surface area contributed by atoms with E-state index >= 15 is 0 Å². The van der Waals surface area contributed by atoms with Crippen LogP contribution in [0.3, 0.4) is 0 Å². The molecule has 0 saturated carbocycles. The number of thiocarbonyl (C=S) groups is 1. The van der Waals surface area contributed by atoms with E-state index in [4.69, 9.17) is 17.0 Å². The number of ether oxygens (including phenoxy) is 1. The van der Waals surface area contributed by atoms with E-state index in [1.807, 2.05) is 20.8 Å². The summed E-state index contributed by atoms with van der Waals surface area (Å²) in [6.07, 6.45) is 5.50. The lowest BCUT2D eigenvalue weighted by molar-refractivity contribution is -0.146. The van der Waals surface area contributed by atoms with Crippen molar-refractivity contribution in [2.45, 2.75) is 51.7 Å². The fourth-order valence-corrected chi connectivity index (χ4v) is 3.47. The summed E-state index contributed by atoms with van der Waals surface area (Å²) in [5.41, 5.74) is 3.43. The summed E-state index contributed by atoms with van der Waals surface area (Å²) in [5.74, 6) is -0.480. The zero-order valence-corrected chi connectivity index (χ0v) is 16.5. The molecule has 5 nitrogen and oxygen atoms in total. The van der Waals surface area contributed by atoms with Gasteiger partial charge in [0.1, 0.15) is 5.60 Å². The molecule has 0 radical (unpaired) electrons. The summed E-state index contributed by atoms with van der Waals surface area (Å²) in [7, 11) is 0. The number of hydrogen-bond donors (Lipinski definition) is 2. The SMILES string of the molecule is CC(C)(C)OC(=O)C(=S)NCC1=CN(C2CCc3ccccc3C2)CN1. The molecule has 0 spiro atoms. The van der Waals surface area contributed by atoms with E-state index in [2.05, 4.69) is 46.0 Å². The summed E-state index contributed by atoms with van der Waals surface area (Å²) in [6, 6.07) is 9.21. The van der Waals surface area contributed by atoms with Gasteiger partial charge in [-0.25, -0.2) is 4.79 Å².